The van der Waals surface area contributed by atoms with Crippen LogP contribution < -0.4 is 0 Å². The van der Waals surface area contributed by atoms with E-state index in [0.717, 1.165) is 11.1 Å². The highest BCUT2D eigenvalue weighted by molar-refractivity contribution is 5.83. The number of fused-ring (bicyclic) bond motifs is 1. The van der Waals surface area contributed by atoms with E-state index in [9.17, 15) is 14.7 Å². The third kappa shape index (κ3) is 2.61. The monoisotopic (exact) mass is 276 g/mol. The first-order valence-electron chi connectivity index (χ1n) is 6.74. The molecule has 1 aliphatic rings. The van der Waals surface area contributed by atoms with Gasteiger partial charge in [0.25, 0.3) is 0 Å². The van der Waals surface area contributed by atoms with E-state index in [4.69, 9.17) is 0 Å². The van der Waals surface area contributed by atoms with E-state index in [1.807, 2.05) is 38.1 Å². The van der Waals surface area contributed by atoms with E-state index in [1.54, 1.807) is 11.9 Å². The Kier molecular flexibility index (Phi) is 3.97. The maximum atomic E-state index is 12.5. The van der Waals surface area contributed by atoms with Crippen LogP contribution in [0.2, 0.25) is 0 Å². The number of urea groups is 1. The van der Waals surface area contributed by atoms with Crippen molar-refractivity contribution < 1.29 is 14.7 Å². The van der Waals surface area contributed by atoms with Crippen molar-refractivity contribution in [2.75, 3.05) is 7.05 Å². The number of rotatable bonds is 2. The van der Waals surface area contributed by atoms with Gasteiger partial charge in [-0.25, -0.2) is 9.59 Å². The van der Waals surface area contributed by atoms with Gasteiger partial charge in [0.05, 0.1) is 0 Å². The lowest BCUT2D eigenvalue weighted by Crippen LogP contribution is -2.53. The van der Waals surface area contributed by atoms with Gasteiger partial charge < -0.3 is 14.9 Å². The molecule has 1 aromatic rings. The molecule has 0 saturated heterocycles. The van der Waals surface area contributed by atoms with Gasteiger partial charge in [-0.3, -0.25) is 0 Å². The molecule has 2 amide bonds. The van der Waals surface area contributed by atoms with E-state index >= 15 is 0 Å². The molecular weight excluding hydrogens is 256 g/mol. The molecule has 1 unspecified atom stereocenters. The quantitative estimate of drug-likeness (QED) is 0.898. The van der Waals surface area contributed by atoms with E-state index < -0.39 is 12.0 Å². The minimum atomic E-state index is -0.954. The van der Waals surface area contributed by atoms with E-state index in [-0.39, 0.29) is 12.1 Å². The third-order valence-electron chi connectivity index (χ3n) is 3.86. The summed E-state index contributed by atoms with van der Waals surface area (Å²) in [6.07, 6.45) is 0.364. The zero-order valence-electron chi connectivity index (χ0n) is 12.0. The van der Waals surface area contributed by atoms with Gasteiger partial charge in [0.2, 0.25) is 0 Å². The molecule has 20 heavy (non-hydrogen) atoms. The number of hydrogen-bond donors (Lipinski definition) is 1. The number of carboxylic acids is 1. The summed E-state index contributed by atoms with van der Waals surface area (Å²) < 4.78 is 0. The van der Waals surface area contributed by atoms with Crippen molar-refractivity contribution in [3.8, 4) is 0 Å². The van der Waals surface area contributed by atoms with Crippen molar-refractivity contribution in [1.29, 1.82) is 0 Å². The van der Waals surface area contributed by atoms with Crippen molar-refractivity contribution in [3.05, 3.63) is 35.4 Å². The van der Waals surface area contributed by atoms with Crippen molar-refractivity contribution in [1.82, 2.24) is 9.80 Å². The van der Waals surface area contributed by atoms with Gasteiger partial charge in [-0.2, -0.15) is 0 Å². The Morgan fingerprint density at radius 3 is 2.45 bits per heavy atom. The van der Waals surface area contributed by atoms with Crippen LogP contribution in [0.5, 0.6) is 0 Å². The Labute approximate surface area is 118 Å². The molecule has 0 radical (unpaired) electrons. The summed E-state index contributed by atoms with van der Waals surface area (Å²) in [6, 6.07) is 6.70. The van der Waals surface area contributed by atoms with E-state index in [1.165, 1.54) is 4.90 Å². The van der Waals surface area contributed by atoms with Crippen LogP contribution in [0.1, 0.15) is 25.0 Å². The number of nitrogens with zero attached hydrogens (tertiary/aromatic N) is 2. The van der Waals surface area contributed by atoms with Gasteiger partial charge in [-0.05, 0) is 25.0 Å². The average Bonchev–Trinajstić information content (AvgIpc) is 2.44. The smallest absolute Gasteiger partial charge is 0.326 e. The highest BCUT2D eigenvalue weighted by Gasteiger charge is 2.36. The number of amides is 2. The fraction of sp³-hybridized carbons (Fsp3) is 0.467. The predicted molar refractivity (Wildman–Crippen MR) is 75.4 cm³/mol. The van der Waals surface area contributed by atoms with E-state index in [2.05, 4.69) is 0 Å². The molecule has 5 heteroatoms. The van der Waals surface area contributed by atoms with Crippen LogP contribution in [0.4, 0.5) is 4.79 Å². The van der Waals surface area contributed by atoms with Gasteiger partial charge in [-0.15, -0.1) is 0 Å². The zero-order chi connectivity index (χ0) is 14.9. The lowest BCUT2D eigenvalue weighted by Gasteiger charge is -2.37. The van der Waals surface area contributed by atoms with Gasteiger partial charge in [0.15, 0.2) is 0 Å². The first-order valence-corrected chi connectivity index (χ1v) is 6.74. The highest BCUT2D eigenvalue weighted by Crippen LogP contribution is 2.24. The molecule has 1 aliphatic heterocycles. The molecule has 0 saturated carbocycles. The molecule has 1 aromatic carbocycles. The number of carbonyl (C=O) groups excluding carboxylic acids is 1. The summed E-state index contributed by atoms with van der Waals surface area (Å²) in [7, 11) is 1.70. The molecule has 1 N–H and O–H groups in total. The first kappa shape index (κ1) is 14.4. The molecule has 1 heterocycles. The Morgan fingerprint density at radius 2 is 1.90 bits per heavy atom. The van der Waals surface area contributed by atoms with Crippen molar-refractivity contribution in [3.63, 3.8) is 0 Å². The second-order valence-corrected chi connectivity index (χ2v) is 5.44. The second-order valence-electron chi connectivity index (χ2n) is 5.44. The number of carboxylic acid groups (broad SMARTS) is 1. The predicted octanol–water partition coefficient (Wildman–Crippen LogP) is 1.96. The molecule has 0 aromatic heterocycles. The van der Waals surface area contributed by atoms with E-state index in [0.29, 0.717) is 13.0 Å². The summed E-state index contributed by atoms with van der Waals surface area (Å²) in [5.74, 6) is -0.954. The van der Waals surface area contributed by atoms with Gasteiger partial charge in [0.1, 0.15) is 6.04 Å². The maximum Gasteiger partial charge on any atom is 0.326 e. The van der Waals surface area contributed by atoms with Crippen molar-refractivity contribution in [2.45, 2.75) is 38.9 Å². The molecular formula is C15H20N2O3. The minimum absolute atomic E-state index is 0.0362. The van der Waals surface area contributed by atoms with Crippen LogP contribution in [-0.2, 0) is 17.8 Å². The van der Waals surface area contributed by atoms with Crippen LogP contribution >= 0.6 is 0 Å². The topological polar surface area (TPSA) is 60.9 Å². The lowest BCUT2D eigenvalue weighted by molar-refractivity contribution is -0.142. The highest BCUT2D eigenvalue weighted by atomic mass is 16.4. The van der Waals surface area contributed by atoms with Crippen LogP contribution in [0, 0.1) is 0 Å². The van der Waals surface area contributed by atoms with Crippen LogP contribution in [0.3, 0.4) is 0 Å². The molecule has 0 aliphatic carbocycles. The van der Waals surface area contributed by atoms with Crippen molar-refractivity contribution >= 4 is 12.0 Å². The number of benzene rings is 1. The number of hydrogen-bond acceptors (Lipinski definition) is 2. The second kappa shape index (κ2) is 5.53. The van der Waals surface area contributed by atoms with Crippen molar-refractivity contribution in [2.24, 2.45) is 0 Å². The Hall–Kier alpha value is -2.04. The van der Waals surface area contributed by atoms with Gasteiger partial charge in [-0.1, -0.05) is 24.3 Å². The summed E-state index contributed by atoms with van der Waals surface area (Å²) in [4.78, 5) is 26.9. The lowest BCUT2D eigenvalue weighted by atomic mass is 9.94. The van der Waals surface area contributed by atoms with Crippen LogP contribution in [-0.4, -0.2) is 46.0 Å². The molecule has 0 spiro atoms. The fourth-order valence-electron chi connectivity index (χ4n) is 2.37. The minimum Gasteiger partial charge on any atom is -0.480 e. The fourth-order valence-corrected chi connectivity index (χ4v) is 2.37. The Bertz CT molecular complexity index is 528. The third-order valence-corrected chi connectivity index (χ3v) is 3.86. The van der Waals surface area contributed by atoms with Gasteiger partial charge in [0, 0.05) is 26.1 Å². The summed E-state index contributed by atoms with van der Waals surface area (Å²) in [5, 5.41) is 9.39. The molecule has 0 fully saturated rings. The average molecular weight is 276 g/mol. The van der Waals surface area contributed by atoms with Crippen LogP contribution in [0.15, 0.2) is 24.3 Å². The maximum absolute atomic E-state index is 12.5. The standard InChI is InChI=1S/C15H20N2O3/c1-10(2)16(3)15(20)17-9-12-7-5-4-6-11(12)8-13(17)14(18)19/h4-7,10,13H,8-9H2,1-3H3,(H,18,19). The number of carbonyl (C=O) groups is 2. The molecule has 108 valence electrons. The normalized spacial score (nSPS) is 17.8. The summed E-state index contributed by atoms with van der Waals surface area (Å²) in [5.41, 5.74) is 2.03. The zero-order valence-corrected chi connectivity index (χ0v) is 12.0. The Balaban J connectivity index is 2.31. The SMILES string of the molecule is CC(C)N(C)C(=O)N1Cc2ccccc2CC1C(=O)O. The Morgan fingerprint density at radius 1 is 1.30 bits per heavy atom. The van der Waals surface area contributed by atoms with Crippen LogP contribution in [0.25, 0.3) is 0 Å². The number of aliphatic carboxylic acids is 1. The largest absolute Gasteiger partial charge is 0.480 e. The summed E-state index contributed by atoms with van der Waals surface area (Å²) >= 11 is 0. The molecule has 5 nitrogen and oxygen atoms in total. The molecule has 0 bridgehead atoms. The summed E-state index contributed by atoms with van der Waals surface area (Å²) in [6.45, 7) is 4.17. The first-order chi connectivity index (χ1) is 9.41. The molecule has 2 rings (SSSR count). The molecule has 1 atom stereocenters. The van der Waals surface area contributed by atoms with Gasteiger partial charge >= 0.3 is 12.0 Å².